The highest BCUT2D eigenvalue weighted by Crippen LogP contribution is 2.21. The van der Waals surface area contributed by atoms with E-state index in [1.54, 1.807) is 18.5 Å². The molecule has 0 saturated carbocycles. The maximum absolute atomic E-state index is 12.4. The van der Waals surface area contributed by atoms with E-state index in [0.29, 0.717) is 15.9 Å². The van der Waals surface area contributed by atoms with Gasteiger partial charge < -0.3 is 10.3 Å². The van der Waals surface area contributed by atoms with Crippen LogP contribution in [0.3, 0.4) is 0 Å². The molecule has 0 aliphatic carbocycles. The second kappa shape index (κ2) is 7.15. The predicted octanol–water partition coefficient (Wildman–Crippen LogP) is 4.38. The second-order valence-corrected chi connectivity index (χ2v) is 6.51. The molecule has 0 spiro atoms. The third-order valence-electron chi connectivity index (χ3n) is 3.49. The molecule has 1 aromatic carbocycles. The Morgan fingerprint density at radius 3 is 2.75 bits per heavy atom. The molecular formula is C17H14BrClN4O. The Balaban J connectivity index is 1.75. The van der Waals surface area contributed by atoms with Crippen LogP contribution in [0.1, 0.15) is 29.1 Å². The van der Waals surface area contributed by atoms with Crippen molar-refractivity contribution in [1.29, 1.82) is 0 Å². The largest absolute Gasteiger partial charge is 0.342 e. The van der Waals surface area contributed by atoms with E-state index in [-0.39, 0.29) is 17.1 Å². The number of benzene rings is 1. The van der Waals surface area contributed by atoms with E-state index in [4.69, 9.17) is 11.6 Å². The van der Waals surface area contributed by atoms with Crippen LogP contribution in [0.5, 0.6) is 0 Å². The summed E-state index contributed by atoms with van der Waals surface area (Å²) in [6, 6.07) is 11.2. The van der Waals surface area contributed by atoms with Crippen molar-refractivity contribution in [2.45, 2.75) is 13.0 Å². The standard InChI is InChI=1S/C17H14BrClN4O/c1-10(22-17(24)13-7-12(18)8-20-15(13)19)16-21-9-14(23-16)11-5-3-2-4-6-11/h2-10H,1H3,(H,21,23)(H,22,24). The average molecular weight is 406 g/mol. The van der Waals surface area contributed by atoms with Gasteiger partial charge in [-0.2, -0.15) is 0 Å². The fourth-order valence-electron chi connectivity index (χ4n) is 2.25. The van der Waals surface area contributed by atoms with E-state index in [9.17, 15) is 4.79 Å². The topological polar surface area (TPSA) is 70.7 Å². The van der Waals surface area contributed by atoms with Crippen molar-refractivity contribution < 1.29 is 4.79 Å². The van der Waals surface area contributed by atoms with Gasteiger partial charge in [0.2, 0.25) is 0 Å². The number of aromatic amines is 1. The molecule has 122 valence electrons. The molecule has 1 unspecified atom stereocenters. The van der Waals surface area contributed by atoms with Crippen LogP contribution in [0.15, 0.2) is 53.3 Å². The molecular weight excluding hydrogens is 392 g/mol. The van der Waals surface area contributed by atoms with Gasteiger partial charge in [0.1, 0.15) is 11.0 Å². The Kier molecular flexibility index (Phi) is 4.97. The maximum Gasteiger partial charge on any atom is 0.255 e. The summed E-state index contributed by atoms with van der Waals surface area (Å²) < 4.78 is 0.689. The Bertz CT molecular complexity index is 866. The number of halogens is 2. The fourth-order valence-corrected chi connectivity index (χ4v) is 2.77. The molecule has 2 aromatic heterocycles. The van der Waals surface area contributed by atoms with Crippen molar-refractivity contribution in [3.8, 4) is 11.3 Å². The molecule has 24 heavy (non-hydrogen) atoms. The fraction of sp³-hybridized carbons (Fsp3) is 0.118. The minimum atomic E-state index is -0.307. The number of pyridine rings is 1. The highest BCUT2D eigenvalue weighted by atomic mass is 79.9. The number of amides is 1. The number of rotatable bonds is 4. The molecule has 0 radical (unpaired) electrons. The molecule has 3 rings (SSSR count). The van der Waals surface area contributed by atoms with Crippen molar-refractivity contribution in [3.05, 3.63) is 69.8 Å². The number of H-pyrrole nitrogens is 1. The van der Waals surface area contributed by atoms with E-state index in [1.165, 1.54) is 0 Å². The smallest absolute Gasteiger partial charge is 0.255 e. The summed E-state index contributed by atoms with van der Waals surface area (Å²) in [7, 11) is 0. The first kappa shape index (κ1) is 16.7. The van der Waals surface area contributed by atoms with Crippen LogP contribution in [-0.4, -0.2) is 20.9 Å². The Hall–Kier alpha value is -2.18. The number of carbonyl (C=O) groups excluding carboxylic acids is 1. The molecule has 0 fully saturated rings. The first-order valence-electron chi connectivity index (χ1n) is 7.27. The number of hydrogen-bond donors (Lipinski definition) is 2. The van der Waals surface area contributed by atoms with E-state index < -0.39 is 0 Å². The van der Waals surface area contributed by atoms with Gasteiger partial charge in [-0.3, -0.25) is 4.79 Å². The van der Waals surface area contributed by atoms with Crippen molar-refractivity contribution in [3.63, 3.8) is 0 Å². The van der Waals surface area contributed by atoms with E-state index in [2.05, 4.69) is 36.2 Å². The molecule has 7 heteroatoms. The zero-order valence-corrected chi connectivity index (χ0v) is 15.1. The monoisotopic (exact) mass is 404 g/mol. The lowest BCUT2D eigenvalue weighted by Gasteiger charge is -2.12. The number of hydrogen-bond acceptors (Lipinski definition) is 3. The number of carbonyl (C=O) groups is 1. The van der Waals surface area contributed by atoms with E-state index in [1.807, 2.05) is 37.3 Å². The van der Waals surface area contributed by atoms with Gasteiger partial charge in [0.15, 0.2) is 0 Å². The number of imidazole rings is 1. The summed E-state index contributed by atoms with van der Waals surface area (Å²) in [6.45, 7) is 1.85. The van der Waals surface area contributed by atoms with Crippen molar-refractivity contribution in [2.24, 2.45) is 0 Å². The molecule has 1 amide bonds. The molecule has 0 saturated heterocycles. The maximum atomic E-state index is 12.4. The summed E-state index contributed by atoms with van der Waals surface area (Å²) in [6.07, 6.45) is 3.29. The highest BCUT2D eigenvalue weighted by molar-refractivity contribution is 9.10. The molecule has 0 aliphatic rings. The minimum absolute atomic E-state index is 0.160. The Morgan fingerprint density at radius 1 is 1.25 bits per heavy atom. The highest BCUT2D eigenvalue weighted by Gasteiger charge is 2.17. The zero-order valence-electron chi connectivity index (χ0n) is 12.8. The van der Waals surface area contributed by atoms with Crippen molar-refractivity contribution in [1.82, 2.24) is 20.3 Å². The molecule has 3 aromatic rings. The van der Waals surface area contributed by atoms with Gasteiger partial charge >= 0.3 is 0 Å². The number of nitrogens with zero attached hydrogens (tertiary/aromatic N) is 2. The molecule has 2 heterocycles. The molecule has 1 atom stereocenters. The third kappa shape index (κ3) is 3.66. The third-order valence-corrected chi connectivity index (χ3v) is 4.22. The van der Waals surface area contributed by atoms with Crippen LogP contribution in [0, 0.1) is 0 Å². The van der Waals surface area contributed by atoms with Gasteiger partial charge in [-0.1, -0.05) is 41.9 Å². The van der Waals surface area contributed by atoms with Crippen LogP contribution in [0.4, 0.5) is 0 Å². The average Bonchev–Trinajstić information content (AvgIpc) is 3.08. The summed E-state index contributed by atoms with van der Waals surface area (Å²) in [5.74, 6) is 0.361. The number of aromatic nitrogens is 3. The van der Waals surface area contributed by atoms with E-state index in [0.717, 1.165) is 11.3 Å². The van der Waals surface area contributed by atoms with Gasteiger partial charge in [0.25, 0.3) is 5.91 Å². The first-order chi connectivity index (χ1) is 11.5. The SMILES string of the molecule is CC(NC(=O)c1cc(Br)cnc1Cl)c1ncc(-c2ccccc2)[nH]1. The normalized spacial score (nSPS) is 12.0. The minimum Gasteiger partial charge on any atom is -0.342 e. The van der Waals surface area contributed by atoms with Gasteiger partial charge in [-0.25, -0.2) is 9.97 Å². The Morgan fingerprint density at radius 2 is 2.00 bits per heavy atom. The molecule has 5 nitrogen and oxygen atoms in total. The predicted molar refractivity (Wildman–Crippen MR) is 96.9 cm³/mol. The van der Waals surface area contributed by atoms with E-state index >= 15 is 0 Å². The van der Waals surface area contributed by atoms with Crippen LogP contribution in [0.25, 0.3) is 11.3 Å². The van der Waals surface area contributed by atoms with Crippen molar-refractivity contribution in [2.75, 3.05) is 0 Å². The summed E-state index contributed by atoms with van der Waals surface area (Å²) in [4.78, 5) is 23.9. The lowest BCUT2D eigenvalue weighted by Crippen LogP contribution is -2.27. The summed E-state index contributed by atoms with van der Waals surface area (Å²) in [5.41, 5.74) is 2.25. The van der Waals surface area contributed by atoms with Gasteiger partial charge in [0.05, 0.1) is 23.5 Å². The zero-order chi connectivity index (χ0) is 17.1. The lowest BCUT2D eigenvalue weighted by molar-refractivity contribution is 0.0938. The summed E-state index contributed by atoms with van der Waals surface area (Å²) in [5, 5.41) is 3.03. The summed E-state index contributed by atoms with van der Waals surface area (Å²) >= 11 is 9.27. The van der Waals surface area contributed by atoms with Crippen LogP contribution in [-0.2, 0) is 0 Å². The van der Waals surface area contributed by atoms with Crippen LogP contribution in [0.2, 0.25) is 5.15 Å². The van der Waals surface area contributed by atoms with Gasteiger partial charge in [-0.05, 0) is 34.5 Å². The van der Waals surface area contributed by atoms with Crippen LogP contribution >= 0.6 is 27.5 Å². The van der Waals surface area contributed by atoms with Gasteiger partial charge in [-0.15, -0.1) is 0 Å². The van der Waals surface area contributed by atoms with Crippen LogP contribution < -0.4 is 5.32 Å². The molecule has 0 bridgehead atoms. The van der Waals surface area contributed by atoms with Gasteiger partial charge in [0, 0.05) is 10.7 Å². The molecule has 2 N–H and O–H groups in total. The quantitative estimate of drug-likeness (QED) is 0.633. The number of nitrogens with one attached hydrogen (secondary N) is 2. The second-order valence-electron chi connectivity index (χ2n) is 5.24. The first-order valence-corrected chi connectivity index (χ1v) is 8.44. The Labute approximate surface area is 152 Å². The lowest BCUT2D eigenvalue weighted by atomic mass is 10.2. The molecule has 0 aliphatic heterocycles. The van der Waals surface area contributed by atoms with Crippen molar-refractivity contribution >= 4 is 33.4 Å².